The molecule has 0 atom stereocenters. The van der Waals surface area contributed by atoms with Crippen molar-refractivity contribution < 1.29 is 0 Å². The molecule has 1 heteroatoms. The average molecular weight is 223 g/mol. The van der Waals surface area contributed by atoms with Gasteiger partial charge in [0.1, 0.15) is 0 Å². The van der Waals surface area contributed by atoms with Gasteiger partial charge in [0.05, 0.1) is 0 Å². The second-order valence-electron chi connectivity index (χ2n) is 5.39. The van der Waals surface area contributed by atoms with Crippen LogP contribution < -0.4 is 0 Å². The molecule has 0 heterocycles. The summed E-state index contributed by atoms with van der Waals surface area (Å²) in [6, 6.07) is 2.12. The van der Waals surface area contributed by atoms with E-state index in [1.807, 2.05) is 0 Å². The second-order valence-corrected chi connectivity index (χ2v) is 5.80. The molecule has 1 aliphatic rings. The van der Waals surface area contributed by atoms with Crippen molar-refractivity contribution >= 4 is 11.6 Å². The van der Waals surface area contributed by atoms with Crippen LogP contribution in [0.1, 0.15) is 48.9 Å². The fraction of sp³-hybridized carbons (Fsp3) is 0.571. The fourth-order valence-corrected chi connectivity index (χ4v) is 3.27. The zero-order valence-electron chi connectivity index (χ0n) is 10.1. The van der Waals surface area contributed by atoms with Crippen LogP contribution in [-0.2, 0) is 11.8 Å². The predicted molar refractivity (Wildman–Crippen MR) is 66.9 cm³/mol. The third-order valence-electron chi connectivity index (χ3n) is 3.81. The Hall–Kier alpha value is -0.490. The normalized spacial score (nSPS) is 18.7. The molecule has 82 valence electrons. The summed E-state index contributed by atoms with van der Waals surface area (Å²) in [6.45, 7) is 9.07. The number of fused-ring (bicyclic) bond motifs is 1. The first-order chi connectivity index (χ1) is 6.93. The summed E-state index contributed by atoms with van der Waals surface area (Å²) < 4.78 is 0. The van der Waals surface area contributed by atoms with Gasteiger partial charge >= 0.3 is 0 Å². The Labute approximate surface area is 97.6 Å². The SMILES string of the molecule is Cc1cc(Cl)c2c(c1C)C(C)(C)CCC2. The Balaban J connectivity index is 2.74. The number of hydrogen-bond acceptors (Lipinski definition) is 0. The van der Waals surface area contributed by atoms with E-state index in [0.29, 0.717) is 5.41 Å². The van der Waals surface area contributed by atoms with Gasteiger partial charge in [-0.15, -0.1) is 0 Å². The Kier molecular flexibility index (Phi) is 2.58. The average Bonchev–Trinajstić information content (AvgIpc) is 2.13. The summed E-state index contributed by atoms with van der Waals surface area (Å²) in [4.78, 5) is 0. The first-order valence-corrected chi connectivity index (χ1v) is 6.10. The molecule has 1 aromatic rings. The zero-order valence-corrected chi connectivity index (χ0v) is 10.8. The highest BCUT2D eigenvalue weighted by Gasteiger charge is 2.30. The quantitative estimate of drug-likeness (QED) is 0.603. The van der Waals surface area contributed by atoms with Gasteiger partial charge in [0, 0.05) is 5.02 Å². The van der Waals surface area contributed by atoms with Gasteiger partial charge in [-0.3, -0.25) is 0 Å². The Morgan fingerprint density at radius 2 is 1.93 bits per heavy atom. The molecule has 0 aromatic heterocycles. The fourth-order valence-electron chi connectivity index (χ4n) is 2.92. The summed E-state index contributed by atoms with van der Waals surface area (Å²) in [7, 11) is 0. The highest BCUT2D eigenvalue weighted by atomic mass is 35.5. The van der Waals surface area contributed by atoms with Crippen LogP contribution in [0.4, 0.5) is 0 Å². The minimum atomic E-state index is 0.299. The van der Waals surface area contributed by atoms with E-state index in [9.17, 15) is 0 Å². The van der Waals surface area contributed by atoms with Gasteiger partial charge in [0.25, 0.3) is 0 Å². The first kappa shape index (κ1) is 11.0. The van der Waals surface area contributed by atoms with Gasteiger partial charge in [-0.25, -0.2) is 0 Å². The molecule has 0 bridgehead atoms. The highest BCUT2D eigenvalue weighted by Crippen LogP contribution is 2.42. The first-order valence-electron chi connectivity index (χ1n) is 5.72. The van der Waals surface area contributed by atoms with Crippen LogP contribution >= 0.6 is 11.6 Å². The number of benzene rings is 1. The van der Waals surface area contributed by atoms with Crippen molar-refractivity contribution in [2.45, 2.75) is 52.4 Å². The molecule has 0 N–H and O–H groups in total. The van der Waals surface area contributed by atoms with Crippen molar-refractivity contribution in [1.82, 2.24) is 0 Å². The molecule has 0 radical (unpaired) electrons. The minimum absolute atomic E-state index is 0.299. The molecular weight excluding hydrogens is 204 g/mol. The molecule has 1 aliphatic carbocycles. The second kappa shape index (κ2) is 3.52. The Morgan fingerprint density at radius 1 is 1.27 bits per heavy atom. The van der Waals surface area contributed by atoms with Crippen LogP contribution in [0.2, 0.25) is 5.02 Å². The van der Waals surface area contributed by atoms with Crippen molar-refractivity contribution in [2.75, 3.05) is 0 Å². The van der Waals surface area contributed by atoms with E-state index in [0.717, 1.165) is 11.4 Å². The van der Waals surface area contributed by atoms with E-state index in [2.05, 4.69) is 33.8 Å². The summed E-state index contributed by atoms with van der Waals surface area (Å²) >= 11 is 6.35. The van der Waals surface area contributed by atoms with E-state index in [1.165, 1.54) is 35.1 Å². The lowest BCUT2D eigenvalue weighted by Gasteiger charge is -2.35. The van der Waals surface area contributed by atoms with Crippen LogP contribution in [0, 0.1) is 13.8 Å². The molecule has 1 aromatic carbocycles. The van der Waals surface area contributed by atoms with Crippen LogP contribution in [0.5, 0.6) is 0 Å². The van der Waals surface area contributed by atoms with Crippen molar-refractivity contribution in [1.29, 1.82) is 0 Å². The number of hydrogen-bond donors (Lipinski definition) is 0. The van der Waals surface area contributed by atoms with Crippen LogP contribution in [0.25, 0.3) is 0 Å². The van der Waals surface area contributed by atoms with Crippen molar-refractivity contribution in [3.8, 4) is 0 Å². The lowest BCUT2D eigenvalue weighted by molar-refractivity contribution is 0.429. The van der Waals surface area contributed by atoms with E-state index >= 15 is 0 Å². The molecule has 0 aliphatic heterocycles. The van der Waals surface area contributed by atoms with Gasteiger partial charge in [0.15, 0.2) is 0 Å². The molecule has 0 spiro atoms. The molecule has 0 fully saturated rings. The van der Waals surface area contributed by atoms with Gasteiger partial charge in [-0.2, -0.15) is 0 Å². The maximum absolute atomic E-state index is 6.35. The van der Waals surface area contributed by atoms with Crippen molar-refractivity contribution in [3.05, 3.63) is 33.3 Å². The van der Waals surface area contributed by atoms with Crippen LogP contribution in [0.3, 0.4) is 0 Å². The number of aryl methyl sites for hydroxylation is 1. The maximum atomic E-state index is 6.35. The van der Waals surface area contributed by atoms with Crippen LogP contribution in [0.15, 0.2) is 6.07 Å². The third-order valence-corrected chi connectivity index (χ3v) is 4.14. The summed E-state index contributed by atoms with van der Waals surface area (Å²) in [5.41, 5.74) is 5.98. The molecule has 0 saturated carbocycles. The molecule has 15 heavy (non-hydrogen) atoms. The monoisotopic (exact) mass is 222 g/mol. The Morgan fingerprint density at radius 3 is 2.60 bits per heavy atom. The molecule has 0 amide bonds. The molecule has 2 rings (SSSR count). The van der Waals surface area contributed by atoms with Crippen LogP contribution in [-0.4, -0.2) is 0 Å². The van der Waals surface area contributed by atoms with Gasteiger partial charge < -0.3 is 0 Å². The highest BCUT2D eigenvalue weighted by molar-refractivity contribution is 6.31. The summed E-state index contributed by atoms with van der Waals surface area (Å²) in [5.74, 6) is 0. The van der Waals surface area contributed by atoms with E-state index in [4.69, 9.17) is 11.6 Å². The molecule has 0 saturated heterocycles. The summed E-state index contributed by atoms with van der Waals surface area (Å²) in [5, 5.41) is 0.973. The van der Waals surface area contributed by atoms with E-state index in [1.54, 1.807) is 0 Å². The third kappa shape index (κ3) is 1.69. The molecular formula is C14H19Cl. The predicted octanol–water partition coefficient (Wildman–Crippen LogP) is 4.57. The number of rotatable bonds is 0. The largest absolute Gasteiger partial charge is 0.0840 e. The van der Waals surface area contributed by atoms with Gasteiger partial charge in [-0.05, 0) is 66.8 Å². The topological polar surface area (TPSA) is 0 Å². The van der Waals surface area contributed by atoms with E-state index in [-0.39, 0.29) is 0 Å². The molecule has 0 unspecified atom stereocenters. The lowest BCUT2D eigenvalue weighted by Crippen LogP contribution is -2.25. The van der Waals surface area contributed by atoms with E-state index < -0.39 is 0 Å². The zero-order chi connectivity index (χ0) is 11.2. The summed E-state index contributed by atoms with van der Waals surface area (Å²) in [6.07, 6.45) is 3.70. The molecule has 0 nitrogen and oxygen atoms in total. The smallest absolute Gasteiger partial charge is 0.0443 e. The van der Waals surface area contributed by atoms with Gasteiger partial charge in [-0.1, -0.05) is 25.4 Å². The maximum Gasteiger partial charge on any atom is 0.0443 e. The number of halogens is 1. The minimum Gasteiger partial charge on any atom is -0.0840 e. The van der Waals surface area contributed by atoms with Gasteiger partial charge in [0.2, 0.25) is 0 Å². The van der Waals surface area contributed by atoms with Crippen molar-refractivity contribution in [2.24, 2.45) is 0 Å². The van der Waals surface area contributed by atoms with Crippen molar-refractivity contribution in [3.63, 3.8) is 0 Å². The Bertz CT molecular complexity index is 402. The standard InChI is InChI=1S/C14H19Cl/c1-9-8-12(15)11-6-5-7-14(3,4)13(11)10(9)2/h8H,5-7H2,1-4H3. The lowest BCUT2D eigenvalue weighted by atomic mass is 9.70.